The lowest BCUT2D eigenvalue weighted by Crippen LogP contribution is -2.42. The van der Waals surface area contributed by atoms with E-state index in [0.29, 0.717) is 17.1 Å². The summed E-state index contributed by atoms with van der Waals surface area (Å²) in [5, 5.41) is 3.79. The molecule has 0 bridgehead atoms. The molecule has 0 saturated heterocycles. The van der Waals surface area contributed by atoms with Crippen LogP contribution in [-0.4, -0.2) is 24.8 Å². The highest BCUT2D eigenvalue weighted by atomic mass is 19.1. The Bertz CT molecular complexity index is 718. The van der Waals surface area contributed by atoms with E-state index in [4.69, 9.17) is 9.47 Å². The molecule has 3 rings (SSSR count). The maximum absolute atomic E-state index is 13.0. The number of halogens is 1. The van der Waals surface area contributed by atoms with Crippen LogP contribution in [0.1, 0.15) is 5.56 Å². The number of carbonyl (C=O) groups excluding carboxylic acids is 1. The second kappa shape index (κ2) is 6.26. The molecule has 1 N–H and O–H groups in total. The van der Waals surface area contributed by atoms with Crippen LogP contribution in [0.5, 0.6) is 11.5 Å². The Kier molecular flexibility index (Phi) is 4.00. The molecule has 1 unspecified atom stereocenters. The summed E-state index contributed by atoms with van der Waals surface area (Å²) in [5.41, 5.74) is 2.90. The molecular weight excluding hydrogens is 287 g/mol. The van der Waals surface area contributed by atoms with Gasteiger partial charge in [0.15, 0.2) is 11.5 Å². The Morgan fingerprint density at radius 1 is 1.23 bits per heavy atom. The zero-order valence-electron chi connectivity index (χ0n) is 11.5. The zero-order valence-corrected chi connectivity index (χ0v) is 11.5. The second-order valence-corrected chi connectivity index (χ2v) is 4.65. The lowest BCUT2D eigenvalue weighted by Gasteiger charge is -2.24. The van der Waals surface area contributed by atoms with Gasteiger partial charge in [-0.2, -0.15) is 5.10 Å². The van der Waals surface area contributed by atoms with Gasteiger partial charge in [-0.15, -0.1) is 0 Å². The van der Waals surface area contributed by atoms with Gasteiger partial charge in [0.2, 0.25) is 6.10 Å². The fourth-order valence-corrected chi connectivity index (χ4v) is 1.98. The number of ether oxygens (including phenoxy) is 2. The summed E-state index contributed by atoms with van der Waals surface area (Å²) in [7, 11) is 0. The summed E-state index contributed by atoms with van der Waals surface area (Å²) in [6, 6.07) is 13.0. The standard InChI is InChI=1S/C16H13FN2O3/c17-12-5-3-4-11(8-12)9-18-19-16(20)15-10-21-13-6-1-2-7-14(13)22-15/h1-9,15H,10H2,(H,19,20)/b18-9+. The molecule has 2 aromatic carbocycles. The number of hydrogen-bond donors (Lipinski definition) is 1. The maximum atomic E-state index is 13.0. The van der Waals surface area contributed by atoms with Crippen molar-refractivity contribution in [1.29, 1.82) is 0 Å². The second-order valence-electron chi connectivity index (χ2n) is 4.65. The van der Waals surface area contributed by atoms with Gasteiger partial charge in [-0.25, -0.2) is 9.82 Å². The van der Waals surface area contributed by atoms with Gasteiger partial charge in [-0.1, -0.05) is 24.3 Å². The number of nitrogens with one attached hydrogen (secondary N) is 1. The Morgan fingerprint density at radius 3 is 2.86 bits per heavy atom. The molecule has 0 radical (unpaired) electrons. The molecule has 0 saturated carbocycles. The first-order chi connectivity index (χ1) is 10.7. The molecule has 2 aromatic rings. The van der Waals surface area contributed by atoms with Gasteiger partial charge in [0.25, 0.3) is 5.91 Å². The summed E-state index contributed by atoms with van der Waals surface area (Å²) in [4.78, 5) is 12.0. The molecule has 0 aliphatic carbocycles. The third-order valence-corrected chi connectivity index (χ3v) is 3.04. The normalized spacial score (nSPS) is 16.5. The first-order valence-corrected chi connectivity index (χ1v) is 6.69. The van der Waals surface area contributed by atoms with E-state index in [-0.39, 0.29) is 12.4 Å². The Morgan fingerprint density at radius 2 is 2.05 bits per heavy atom. The highest BCUT2D eigenvalue weighted by molar-refractivity contribution is 5.84. The average Bonchev–Trinajstić information content (AvgIpc) is 2.54. The number of benzene rings is 2. The van der Waals surface area contributed by atoms with Crippen molar-refractivity contribution in [2.45, 2.75) is 6.10 Å². The van der Waals surface area contributed by atoms with E-state index in [1.165, 1.54) is 18.3 Å². The number of nitrogens with zero attached hydrogens (tertiary/aromatic N) is 1. The smallest absolute Gasteiger partial charge is 0.284 e. The van der Waals surface area contributed by atoms with E-state index in [1.54, 1.807) is 30.3 Å². The van der Waals surface area contributed by atoms with Crippen LogP contribution in [-0.2, 0) is 4.79 Å². The molecule has 1 heterocycles. The fraction of sp³-hybridized carbons (Fsp3) is 0.125. The molecule has 1 aliphatic heterocycles. The van der Waals surface area contributed by atoms with E-state index >= 15 is 0 Å². The van der Waals surface area contributed by atoms with Crippen LogP contribution in [0.4, 0.5) is 4.39 Å². The highest BCUT2D eigenvalue weighted by Crippen LogP contribution is 2.30. The van der Waals surface area contributed by atoms with E-state index in [0.717, 1.165) is 0 Å². The zero-order chi connectivity index (χ0) is 15.4. The van der Waals surface area contributed by atoms with E-state index in [2.05, 4.69) is 10.5 Å². The Labute approximate surface area is 126 Å². The van der Waals surface area contributed by atoms with Crippen molar-refractivity contribution in [2.75, 3.05) is 6.61 Å². The summed E-state index contributed by atoms with van der Waals surface area (Å²) in [6.45, 7) is 0.109. The lowest BCUT2D eigenvalue weighted by atomic mass is 10.2. The van der Waals surface area contributed by atoms with Crippen molar-refractivity contribution >= 4 is 12.1 Å². The maximum Gasteiger partial charge on any atom is 0.284 e. The van der Waals surface area contributed by atoms with Gasteiger partial charge in [0.1, 0.15) is 12.4 Å². The molecule has 5 nitrogen and oxygen atoms in total. The van der Waals surface area contributed by atoms with Gasteiger partial charge >= 0.3 is 0 Å². The van der Waals surface area contributed by atoms with Gasteiger partial charge in [0, 0.05) is 0 Å². The average molecular weight is 300 g/mol. The molecule has 0 fully saturated rings. The van der Waals surface area contributed by atoms with Gasteiger partial charge < -0.3 is 9.47 Å². The topological polar surface area (TPSA) is 59.9 Å². The van der Waals surface area contributed by atoms with E-state index in [1.807, 2.05) is 6.07 Å². The van der Waals surface area contributed by atoms with Gasteiger partial charge in [0.05, 0.1) is 6.21 Å². The third-order valence-electron chi connectivity index (χ3n) is 3.04. The number of fused-ring (bicyclic) bond motifs is 1. The molecule has 22 heavy (non-hydrogen) atoms. The number of hydrogen-bond acceptors (Lipinski definition) is 4. The minimum atomic E-state index is -0.778. The number of rotatable bonds is 3. The van der Waals surface area contributed by atoms with Crippen molar-refractivity contribution in [3.05, 3.63) is 59.9 Å². The summed E-state index contributed by atoms with van der Waals surface area (Å²) in [6.07, 6.45) is 0.582. The monoisotopic (exact) mass is 300 g/mol. The summed E-state index contributed by atoms with van der Waals surface area (Å²) >= 11 is 0. The summed E-state index contributed by atoms with van der Waals surface area (Å²) in [5.74, 6) is 0.330. The Balaban J connectivity index is 1.59. The Hall–Kier alpha value is -2.89. The summed E-state index contributed by atoms with van der Waals surface area (Å²) < 4.78 is 24.0. The van der Waals surface area contributed by atoms with Crippen molar-refractivity contribution < 1.29 is 18.7 Å². The SMILES string of the molecule is O=C(N/N=C/c1cccc(F)c1)C1COc2ccccc2O1. The predicted molar refractivity (Wildman–Crippen MR) is 78.5 cm³/mol. The molecule has 1 amide bonds. The van der Waals surface area contributed by atoms with Crippen LogP contribution >= 0.6 is 0 Å². The van der Waals surface area contributed by atoms with Gasteiger partial charge in [-0.3, -0.25) is 4.79 Å². The van der Waals surface area contributed by atoms with Crippen LogP contribution in [0.15, 0.2) is 53.6 Å². The highest BCUT2D eigenvalue weighted by Gasteiger charge is 2.26. The van der Waals surface area contributed by atoms with E-state index < -0.39 is 12.0 Å². The van der Waals surface area contributed by atoms with Crippen molar-refractivity contribution in [2.24, 2.45) is 5.10 Å². The number of hydrazone groups is 1. The van der Waals surface area contributed by atoms with Crippen molar-refractivity contribution in [1.82, 2.24) is 5.43 Å². The fourth-order valence-electron chi connectivity index (χ4n) is 1.98. The van der Waals surface area contributed by atoms with Crippen molar-refractivity contribution in [3.8, 4) is 11.5 Å². The molecule has 0 spiro atoms. The predicted octanol–water partition coefficient (Wildman–Crippen LogP) is 2.12. The van der Waals surface area contributed by atoms with Gasteiger partial charge in [-0.05, 0) is 29.8 Å². The molecular formula is C16H13FN2O3. The lowest BCUT2D eigenvalue weighted by molar-refractivity contribution is -0.130. The van der Waals surface area contributed by atoms with Crippen LogP contribution in [0, 0.1) is 5.82 Å². The molecule has 112 valence electrons. The number of para-hydroxylation sites is 2. The molecule has 0 aromatic heterocycles. The van der Waals surface area contributed by atoms with Crippen LogP contribution in [0.3, 0.4) is 0 Å². The minimum Gasteiger partial charge on any atom is -0.485 e. The molecule has 1 atom stereocenters. The minimum absolute atomic E-state index is 0.109. The first-order valence-electron chi connectivity index (χ1n) is 6.69. The van der Waals surface area contributed by atoms with Crippen LogP contribution in [0.25, 0.3) is 0 Å². The number of carbonyl (C=O) groups is 1. The third kappa shape index (κ3) is 3.22. The first kappa shape index (κ1) is 14.1. The quantitative estimate of drug-likeness (QED) is 0.697. The number of amides is 1. The largest absolute Gasteiger partial charge is 0.485 e. The van der Waals surface area contributed by atoms with Crippen LogP contribution in [0.2, 0.25) is 0 Å². The van der Waals surface area contributed by atoms with Crippen molar-refractivity contribution in [3.63, 3.8) is 0 Å². The molecule has 6 heteroatoms. The van der Waals surface area contributed by atoms with E-state index in [9.17, 15) is 9.18 Å². The molecule has 1 aliphatic rings. The van der Waals surface area contributed by atoms with Crippen LogP contribution < -0.4 is 14.9 Å².